The lowest BCUT2D eigenvalue weighted by Crippen LogP contribution is -2.56. The van der Waals surface area contributed by atoms with Crippen LogP contribution in [0.25, 0.3) is 0 Å². The van der Waals surface area contributed by atoms with E-state index in [0.29, 0.717) is 6.10 Å². The molecule has 0 bridgehead atoms. The quantitative estimate of drug-likeness (QED) is 0.800. The Labute approximate surface area is 137 Å². The fraction of sp³-hybridized carbons (Fsp3) is 0.778. The Morgan fingerprint density at radius 1 is 1.36 bits per heavy atom. The summed E-state index contributed by atoms with van der Waals surface area (Å²) in [5.41, 5.74) is 0.239. The van der Waals surface area contributed by atoms with Crippen molar-refractivity contribution in [1.82, 2.24) is 4.90 Å². The van der Waals surface area contributed by atoms with E-state index in [2.05, 4.69) is 22.4 Å². The molecule has 1 aromatic rings. The number of fused-ring (bicyclic) bond motifs is 1. The maximum atomic E-state index is 6.14. The van der Waals surface area contributed by atoms with Gasteiger partial charge in [-0.1, -0.05) is 6.07 Å². The van der Waals surface area contributed by atoms with Gasteiger partial charge in [0.25, 0.3) is 0 Å². The van der Waals surface area contributed by atoms with Gasteiger partial charge < -0.3 is 9.47 Å². The van der Waals surface area contributed by atoms with Crippen molar-refractivity contribution in [3.63, 3.8) is 0 Å². The molecule has 0 unspecified atom stereocenters. The summed E-state index contributed by atoms with van der Waals surface area (Å²) in [6.45, 7) is 6.20. The van der Waals surface area contributed by atoms with E-state index in [-0.39, 0.29) is 5.41 Å². The zero-order valence-electron chi connectivity index (χ0n) is 13.3. The topological polar surface area (TPSA) is 21.7 Å². The molecule has 0 spiro atoms. The van der Waals surface area contributed by atoms with Crippen molar-refractivity contribution >= 4 is 11.3 Å². The normalized spacial score (nSPS) is 32.8. The predicted octanol–water partition coefficient (Wildman–Crippen LogP) is 3.55. The molecule has 22 heavy (non-hydrogen) atoms. The molecule has 4 rings (SSSR count). The molecule has 1 saturated carbocycles. The van der Waals surface area contributed by atoms with Crippen LogP contribution in [0.1, 0.15) is 37.0 Å². The number of thiophene rings is 1. The standard InChI is InChI=1S/C18H27NO2S/c1-3-16(22-10-1)11-19-8-6-17-18(13-19,7-2-9-21-17)14-20-12-15-4-5-15/h1,3,10,15,17H,2,4-9,11-14H2/t17-,18-/m1/s1. The summed E-state index contributed by atoms with van der Waals surface area (Å²) in [6.07, 6.45) is 6.78. The number of nitrogens with zero attached hydrogens (tertiary/aromatic N) is 1. The van der Waals surface area contributed by atoms with Gasteiger partial charge in [-0.15, -0.1) is 11.3 Å². The van der Waals surface area contributed by atoms with Crippen LogP contribution in [0.5, 0.6) is 0 Å². The molecule has 3 nitrogen and oxygen atoms in total. The first-order valence-electron chi connectivity index (χ1n) is 8.78. The molecule has 3 heterocycles. The lowest BCUT2D eigenvalue weighted by molar-refractivity contribution is -0.154. The predicted molar refractivity (Wildman–Crippen MR) is 89.2 cm³/mol. The third kappa shape index (κ3) is 3.40. The Kier molecular flexibility index (Phi) is 4.54. The summed E-state index contributed by atoms with van der Waals surface area (Å²) < 4.78 is 12.3. The van der Waals surface area contributed by atoms with Crippen molar-refractivity contribution in [2.75, 3.05) is 32.9 Å². The second-order valence-corrected chi connectivity index (χ2v) is 8.39. The minimum Gasteiger partial charge on any atom is -0.380 e. The van der Waals surface area contributed by atoms with Gasteiger partial charge in [0.2, 0.25) is 0 Å². The Morgan fingerprint density at radius 2 is 2.32 bits per heavy atom. The van der Waals surface area contributed by atoms with Gasteiger partial charge in [0.1, 0.15) is 0 Å². The molecule has 1 aromatic heterocycles. The third-order valence-corrected chi connectivity index (χ3v) is 6.33. The average molecular weight is 321 g/mol. The molecule has 2 saturated heterocycles. The first-order chi connectivity index (χ1) is 10.8. The SMILES string of the molecule is c1csc(CN2CC[C@H]3OCCC[C@]3(COCC3CC3)C2)c1. The summed E-state index contributed by atoms with van der Waals surface area (Å²) in [4.78, 5) is 4.10. The van der Waals surface area contributed by atoms with Crippen molar-refractivity contribution < 1.29 is 9.47 Å². The summed E-state index contributed by atoms with van der Waals surface area (Å²) in [5, 5.41) is 2.18. The fourth-order valence-corrected chi connectivity index (χ4v) is 4.81. The van der Waals surface area contributed by atoms with Gasteiger partial charge in [-0.05, 0) is 49.5 Å². The molecule has 4 heteroatoms. The van der Waals surface area contributed by atoms with E-state index in [4.69, 9.17) is 9.47 Å². The number of hydrogen-bond donors (Lipinski definition) is 0. The summed E-state index contributed by atoms with van der Waals surface area (Å²) in [7, 11) is 0. The van der Waals surface area contributed by atoms with Crippen LogP contribution in [-0.2, 0) is 16.0 Å². The van der Waals surface area contributed by atoms with Gasteiger partial charge in [-0.2, -0.15) is 0 Å². The molecular formula is C18H27NO2S. The number of hydrogen-bond acceptors (Lipinski definition) is 4. The number of rotatable bonds is 6. The van der Waals surface area contributed by atoms with Crippen LogP contribution in [0.15, 0.2) is 17.5 Å². The van der Waals surface area contributed by atoms with E-state index < -0.39 is 0 Å². The number of likely N-dealkylation sites (tertiary alicyclic amines) is 1. The number of piperidine rings is 1. The van der Waals surface area contributed by atoms with Crippen molar-refractivity contribution in [3.05, 3.63) is 22.4 Å². The zero-order valence-corrected chi connectivity index (χ0v) is 14.2. The molecule has 3 aliphatic rings. The maximum absolute atomic E-state index is 6.14. The van der Waals surface area contributed by atoms with E-state index in [1.54, 1.807) is 0 Å². The Hall–Kier alpha value is -0.420. The molecule has 0 amide bonds. The Bertz CT molecular complexity index is 473. The third-order valence-electron chi connectivity index (χ3n) is 5.47. The highest BCUT2D eigenvalue weighted by molar-refractivity contribution is 7.09. The van der Waals surface area contributed by atoms with Crippen LogP contribution in [0.4, 0.5) is 0 Å². The van der Waals surface area contributed by atoms with Crippen molar-refractivity contribution in [1.29, 1.82) is 0 Å². The monoisotopic (exact) mass is 321 g/mol. The number of ether oxygens (including phenoxy) is 2. The minimum absolute atomic E-state index is 0.239. The van der Waals surface area contributed by atoms with E-state index in [9.17, 15) is 0 Å². The Morgan fingerprint density at radius 3 is 3.14 bits per heavy atom. The smallest absolute Gasteiger partial charge is 0.0677 e. The molecule has 2 aliphatic heterocycles. The largest absolute Gasteiger partial charge is 0.380 e. The van der Waals surface area contributed by atoms with Gasteiger partial charge in [-0.25, -0.2) is 0 Å². The van der Waals surface area contributed by atoms with Crippen LogP contribution < -0.4 is 0 Å². The molecular weight excluding hydrogens is 294 g/mol. The molecule has 0 N–H and O–H groups in total. The second kappa shape index (κ2) is 6.60. The van der Waals surface area contributed by atoms with Crippen molar-refractivity contribution in [3.8, 4) is 0 Å². The summed E-state index contributed by atoms with van der Waals surface area (Å²) in [6, 6.07) is 4.41. The van der Waals surface area contributed by atoms with Gasteiger partial charge in [-0.3, -0.25) is 4.90 Å². The molecule has 2 atom stereocenters. The highest BCUT2D eigenvalue weighted by atomic mass is 32.1. The summed E-state index contributed by atoms with van der Waals surface area (Å²) in [5.74, 6) is 0.852. The zero-order chi connectivity index (χ0) is 14.8. The highest BCUT2D eigenvalue weighted by Crippen LogP contribution is 2.41. The van der Waals surface area contributed by atoms with Crippen LogP contribution in [0.3, 0.4) is 0 Å². The minimum atomic E-state index is 0.239. The first kappa shape index (κ1) is 15.1. The van der Waals surface area contributed by atoms with E-state index in [1.165, 1.54) is 30.6 Å². The van der Waals surface area contributed by atoms with Gasteiger partial charge in [0.05, 0.1) is 12.7 Å². The van der Waals surface area contributed by atoms with Crippen molar-refractivity contribution in [2.45, 2.75) is 44.8 Å². The second-order valence-electron chi connectivity index (χ2n) is 7.36. The lowest BCUT2D eigenvalue weighted by Gasteiger charge is -2.50. The van der Waals surface area contributed by atoms with E-state index in [1.807, 2.05) is 11.3 Å². The van der Waals surface area contributed by atoms with Crippen LogP contribution in [0.2, 0.25) is 0 Å². The Balaban J connectivity index is 1.40. The molecule has 0 radical (unpaired) electrons. The van der Waals surface area contributed by atoms with Crippen molar-refractivity contribution in [2.24, 2.45) is 11.3 Å². The fourth-order valence-electron chi connectivity index (χ4n) is 4.06. The highest BCUT2D eigenvalue weighted by Gasteiger charge is 2.46. The molecule has 122 valence electrons. The summed E-state index contributed by atoms with van der Waals surface area (Å²) >= 11 is 1.87. The lowest BCUT2D eigenvalue weighted by atomic mass is 9.73. The van der Waals surface area contributed by atoms with E-state index in [0.717, 1.165) is 51.8 Å². The first-order valence-corrected chi connectivity index (χ1v) is 9.66. The average Bonchev–Trinajstić information content (AvgIpc) is 3.22. The van der Waals surface area contributed by atoms with Gasteiger partial charge in [0.15, 0.2) is 0 Å². The maximum Gasteiger partial charge on any atom is 0.0677 e. The molecule has 1 aliphatic carbocycles. The van der Waals surface area contributed by atoms with Crippen LogP contribution in [-0.4, -0.2) is 43.9 Å². The van der Waals surface area contributed by atoms with E-state index >= 15 is 0 Å². The van der Waals surface area contributed by atoms with Crippen LogP contribution in [0, 0.1) is 11.3 Å². The molecule has 0 aromatic carbocycles. The van der Waals surface area contributed by atoms with Gasteiger partial charge in [0, 0.05) is 43.1 Å². The molecule has 3 fully saturated rings. The van der Waals surface area contributed by atoms with Crippen LogP contribution >= 0.6 is 11.3 Å². The van der Waals surface area contributed by atoms with Gasteiger partial charge >= 0.3 is 0 Å².